The first-order valence-corrected chi connectivity index (χ1v) is 6.45. The Morgan fingerprint density at radius 3 is 2.55 bits per heavy atom. The van der Waals surface area contributed by atoms with Gasteiger partial charge >= 0.3 is 0 Å². The first-order chi connectivity index (χ1) is 9.60. The third kappa shape index (κ3) is 3.48. The van der Waals surface area contributed by atoms with Crippen LogP contribution in [0.3, 0.4) is 0 Å². The second-order valence-electron chi connectivity index (χ2n) is 4.66. The molecule has 0 bridgehead atoms. The topological polar surface area (TPSA) is 41.5 Å². The normalized spacial score (nSPS) is 12.2. The molecule has 2 aromatic carbocycles. The molecular formula is C16H18FNO2. The number of phenolic OH excluding ortho intramolecular Hbond substituents is 1. The third-order valence-corrected chi connectivity index (χ3v) is 3.21. The number of hydrogen-bond acceptors (Lipinski definition) is 3. The van der Waals surface area contributed by atoms with Gasteiger partial charge in [-0.15, -0.1) is 0 Å². The van der Waals surface area contributed by atoms with Crippen molar-refractivity contribution in [3.8, 4) is 11.5 Å². The lowest BCUT2D eigenvalue weighted by molar-refractivity contribution is 0.399. The van der Waals surface area contributed by atoms with Gasteiger partial charge in [0.15, 0.2) is 0 Å². The Kier molecular flexibility index (Phi) is 4.58. The Balaban J connectivity index is 2.06. The van der Waals surface area contributed by atoms with Gasteiger partial charge in [-0.2, -0.15) is 0 Å². The van der Waals surface area contributed by atoms with E-state index in [9.17, 15) is 9.50 Å². The lowest BCUT2D eigenvalue weighted by Crippen LogP contribution is -2.18. The van der Waals surface area contributed by atoms with Gasteiger partial charge in [0, 0.05) is 18.2 Å². The Morgan fingerprint density at radius 2 is 1.90 bits per heavy atom. The largest absolute Gasteiger partial charge is 0.508 e. The summed E-state index contributed by atoms with van der Waals surface area (Å²) in [5.41, 5.74) is 1.83. The van der Waals surface area contributed by atoms with E-state index < -0.39 is 0 Å². The molecule has 1 unspecified atom stereocenters. The molecule has 0 amide bonds. The SMILES string of the molecule is COc1ccc(F)cc1C(C)NCc1ccc(O)cc1. The number of phenols is 1. The Labute approximate surface area is 118 Å². The molecule has 0 aliphatic rings. The van der Waals surface area contributed by atoms with E-state index in [-0.39, 0.29) is 17.6 Å². The molecule has 0 spiro atoms. The molecule has 0 aliphatic carbocycles. The number of nitrogens with one attached hydrogen (secondary N) is 1. The highest BCUT2D eigenvalue weighted by Crippen LogP contribution is 2.26. The zero-order valence-corrected chi connectivity index (χ0v) is 11.6. The summed E-state index contributed by atoms with van der Waals surface area (Å²) in [6.07, 6.45) is 0. The molecule has 0 heterocycles. The predicted molar refractivity (Wildman–Crippen MR) is 76.3 cm³/mol. The van der Waals surface area contributed by atoms with Gasteiger partial charge in [0.05, 0.1) is 7.11 Å². The second kappa shape index (κ2) is 6.39. The van der Waals surface area contributed by atoms with E-state index in [4.69, 9.17) is 4.74 Å². The van der Waals surface area contributed by atoms with Crippen LogP contribution in [0.1, 0.15) is 24.1 Å². The van der Waals surface area contributed by atoms with Crippen molar-refractivity contribution in [2.75, 3.05) is 7.11 Å². The van der Waals surface area contributed by atoms with Crippen LogP contribution in [0.25, 0.3) is 0 Å². The molecule has 2 rings (SSSR count). The average molecular weight is 275 g/mol. The summed E-state index contributed by atoms with van der Waals surface area (Å²) in [7, 11) is 1.57. The summed E-state index contributed by atoms with van der Waals surface area (Å²) in [6.45, 7) is 2.58. The number of ether oxygens (including phenoxy) is 1. The highest BCUT2D eigenvalue weighted by Gasteiger charge is 2.12. The summed E-state index contributed by atoms with van der Waals surface area (Å²) in [5, 5.41) is 12.5. The van der Waals surface area contributed by atoms with E-state index in [0.29, 0.717) is 12.3 Å². The van der Waals surface area contributed by atoms with E-state index in [0.717, 1.165) is 11.1 Å². The van der Waals surface area contributed by atoms with E-state index in [1.165, 1.54) is 12.1 Å². The summed E-state index contributed by atoms with van der Waals surface area (Å²) >= 11 is 0. The van der Waals surface area contributed by atoms with Crippen molar-refractivity contribution in [1.29, 1.82) is 0 Å². The minimum Gasteiger partial charge on any atom is -0.508 e. The fraction of sp³-hybridized carbons (Fsp3) is 0.250. The lowest BCUT2D eigenvalue weighted by Gasteiger charge is -2.17. The number of benzene rings is 2. The van der Waals surface area contributed by atoms with Gasteiger partial charge in [-0.3, -0.25) is 0 Å². The third-order valence-electron chi connectivity index (χ3n) is 3.21. The van der Waals surface area contributed by atoms with Crippen LogP contribution >= 0.6 is 0 Å². The number of aromatic hydroxyl groups is 1. The van der Waals surface area contributed by atoms with Gasteiger partial charge < -0.3 is 15.2 Å². The molecule has 0 fully saturated rings. The van der Waals surface area contributed by atoms with Gasteiger partial charge in [-0.05, 0) is 42.8 Å². The van der Waals surface area contributed by atoms with E-state index in [1.807, 2.05) is 19.1 Å². The Bertz CT molecular complexity index is 569. The van der Waals surface area contributed by atoms with Crippen LogP contribution in [0.2, 0.25) is 0 Å². The maximum Gasteiger partial charge on any atom is 0.123 e. The fourth-order valence-electron chi connectivity index (χ4n) is 2.04. The van der Waals surface area contributed by atoms with Crippen molar-refractivity contribution in [1.82, 2.24) is 5.32 Å². The summed E-state index contributed by atoms with van der Waals surface area (Å²) in [6, 6.07) is 11.4. The van der Waals surface area contributed by atoms with Crippen molar-refractivity contribution < 1.29 is 14.2 Å². The maximum atomic E-state index is 13.3. The fourth-order valence-corrected chi connectivity index (χ4v) is 2.04. The van der Waals surface area contributed by atoms with E-state index in [2.05, 4.69) is 5.32 Å². The predicted octanol–water partition coefficient (Wildman–Crippen LogP) is 3.39. The molecule has 0 aromatic heterocycles. The number of methoxy groups -OCH3 is 1. The van der Waals surface area contributed by atoms with Crippen molar-refractivity contribution in [2.45, 2.75) is 19.5 Å². The van der Waals surface area contributed by atoms with Crippen molar-refractivity contribution >= 4 is 0 Å². The molecule has 2 aromatic rings. The van der Waals surface area contributed by atoms with Crippen molar-refractivity contribution in [2.24, 2.45) is 0 Å². The summed E-state index contributed by atoms with van der Waals surface area (Å²) in [5.74, 6) is 0.629. The van der Waals surface area contributed by atoms with Crippen LogP contribution in [-0.2, 0) is 6.54 Å². The van der Waals surface area contributed by atoms with E-state index in [1.54, 1.807) is 25.3 Å². The molecular weight excluding hydrogens is 257 g/mol. The van der Waals surface area contributed by atoms with Crippen molar-refractivity contribution in [3.63, 3.8) is 0 Å². The van der Waals surface area contributed by atoms with Crippen LogP contribution in [0, 0.1) is 5.82 Å². The molecule has 3 nitrogen and oxygen atoms in total. The molecule has 0 radical (unpaired) electrons. The highest BCUT2D eigenvalue weighted by molar-refractivity contribution is 5.36. The van der Waals surface area contributed by atoms with Crippen LogP contribution in [0.5, 0.6) is 11.5 Å². The van der Waals surface area contributed by atoms with E-state index >= 15 is 0 Å². The molecule has 0 saturated carbocycles. The average Bonchev–Trinajstić information content (AvgIpc) is 2.46. The van der Waals surface area contributed by atoms with Gasteiger partial charge in [-0.1, -0.05) is 12.1 Å². The molecule has 20 heavy (non-hydrogen) atoms. The first kappa shape index (κ1) is 14.3. The van der Waals surface area contributed by atoms with Gasteiger partial charge in [-0.25, -0.2) is 4.39 Å². The summed E-state index contributed by atoms with van der Waals surface area (Å²) < 4.78 is 18.6. The van der Waals surface area contributed by atoms with Gasteiger partial charge in [0.2, 0.25) is 0 Å². The number of halogens is 1. The standard InChI is InChI=1S/C16H18FNO2/c1-11(15-9-13(17)5-8-16(15)20-2)18-10-12-3-6-14(19)7-4-12/h3-9,11,18-19H,10H2,1-2H3. The van der Waals surface area contributed by atoms with Crippen molar-refractivity contribution in [3.05, 3.63) is 59.4 Å². The number of hydrogen-bond donors (Lipinski definition) is 2. The molecule has 2 N–H and O–H groups in total. The molecule has 0 aliphatic heterocycles. The Hall–Kier alpha value is -2.07. The van der Waals surface area contributed by atoms with Crippen LogP contribution in [0.15, 0.2) is 42.5 Å². The van der Waals surface area contributed by atoms with Crippen LogP contribution in [0.4, 0.5) is 4.39 Å². The zero-order valence-electron chi connectivity index (χ0n) is 11.6. The quantitative estimate of drug-likeness (QED) is 0.879. The van der Waals surface area contributed by atoms with Gasteiger partial charge in [0.25, 0.3) is 0 Å². The molecule has 4 heteroatoms. The summed E-state index contributed by atoms with van der Waals surface area (Å²) in [4.78, 5) is 0. The van der Waals surface area contributed by atoms with Crippen LogP contribution < -0.4 is 10.1 Å². The first-order valence-electron chi connectivity index (χ1n) is 6.45. The minimum atomic E-state index is -0.279. The Morgan fingerprint density at radius 1 is 1.20 bits per heavy atom. The van der Waals surface area contributed by atoms with Crippen LogP contribution in [-0.4, -0.2) is 12.2 Å². The lowest BCUT2D eigenvalue weighted by atomic mass is 10.1. The maximum absolute atomic E-state index is 13.3. The highest BCUT2D eigenvalue weighted by atomic mass is 19.1. The number of rotatable bonds is 5. The zero-order chi connectivity index (χ0) is 14.5. The molecule has 106 valence electrons. The second-order valence-corrected chi connectivity index (χ2v) is 4.66. The molecule has 1 atom stereocenters. The monoisotopic (exact) mass is 275 g/mol. The smallest absolute Gasteiger partial charge is 0.123 e. The molecule has 0 saturated heterocycles. The van der Waals surface area contributed by atoms with Gasteiger partial charge in [0.1, 0.15) is 17.3 Å². The minimum absolute atomic E-state index is 0.0468.